The Balaban J connectivity index is 1.71. The minimum absolute atomic E-state index is 0.119. The fraction of sp³-hybridized carbons (Fsp3) is 0.650. The third kappa shape index (κ3) is 4.52. The molecule has 0 aromatic heterocycles. The largest absolute Gasteiger partial charge is 0.369 e. The number of morpholine rings is 1. The fourth-order valence-electron chi connectivity index (χ4n) is 3.87. The van der Waals surface area contributed by atoms with Crippen molar-refractivity contribution in [1.82, 2.24) is 9.21 Å². The third-order valence-electron chi connectivity index (χ3n) is 5.70. The predicted molar refractivity (Wildman–Crippen MR) is 105 cm³/mol. The Labute approximate surface area is 162 Å². The summed E-state index contributed by atoms with van der Waals surface area (Å²) in [5.74, 6) is -0.00685. The Bertz CT molecular complexity index is 781. The number of hydrogen-bond donors (Lipinski definition) is 0. The van der Waals surface area contributed by atoms with Gasteiger partial charge in [0.1, 0.15) is 6.10 Å². The molecule has 2 aliphatic rings. The van der Waals surface area contributed by atoms with Crippen LogP contribution >= 0.6 is 0 Å². The molecule has 2 saturated heterocycles. The zero-order valence-electron chi connectivity index (χ0n) is 16.6. The van der Waals surface area contributed by atoms with E-state index in [4.69, 9.17) is 4.74 Å². The summed E-state index contributed by atoms with van der Waals surface area (Å²) < 4.78 is 30.9. The van der Waals surface area contributed by atoms with Crippen molar-refractivity contribution in [1.29, 1.82) is 0 Å². The quantitative estimate of drug-likeness (QED) is 0.789. The second kappa shape index (κ2) is 7.53. The first-order chi connectivity index (χ1) is 12.6. The van der Waals surface area contributed by atoms with E-state index < -0.39 is 10.0 Å². The summed E-state index contributed by atoms with van der Waals surface area (Å²) in [7, 11) is -3.18. The maximum atomic E-state index is 13.3. The molecule has 150 valence electrons. The number of carbonyl (C=O) groups excluding carboxylic acids is 1. The highest BCUT2D eigenvalue weighted by molar-refractivity contribution is 7.88. The fourth-order valence-corrected chi connectivity index (χ4v) is 4.75. The second-order valence-electron chi connectivity index (χ2n) is 8.41. The maximum absolute atomic E-state index is 13.3. The lowest BCUT2D eigenvalue weighted by atomic mass is 9.91. The SMILES string of the molecule is Cc1ccc(C2CN(C(=O)C3CCN(S(C)(=O)=O)CC3)C(C)(C)CO2)cc1. The molecule has 0 spiro atoms. The highest BCUT2D eigenvalue weighted by Crippen LogP contribution is 2.33. The van der Waals surface area contributed by atoms with E-state index in [0.717, 1.165) is 5.56 Å². The Morgan fingerprint density at radius 3 is 2.30 bits per heavy atom. The molecule has 0 saturated carbocycles. The van der Waals surface area contributed by atoms with Crippen molar-refractivity contribution in [2.24, 2.45) is 5.92 Å². The summed E-state index contributed by atoms with van der Waals surface area (Å²) in [4.78, 5) is 15.2. The average molecular weight is 395 g/mol. The number of aryl methyl sites for hydroxylation is 1. The lowest BCUT2D eigenvalue weighted by molar-refractivity contribution is -0.160. The Morgan fingerprint density at radius 2 is 1.74 bits per heavy atom. The van der Waals surface area contributed by atoms with Crippen molar-refractivity contribution in [2.45, 2.75) is 45.3 Å². The Hall–Kier alpha value is -1.44. The first-order valence-corrected chi connectivity index (χ1v) is 11.4. The van der Waals surface area contributed by atoms with Crippen LogP contribution in [0.3, 0.4) is 0 Å². The van der Waals surface area contributed by atoms with E-state index in [9.17, 15) is 13.2 Å². The van der Waals surface area contributed by atoms with Crippen LogP contribution in [0, 0.1) is 12.8 Å². The van der Waals surface area contributed by atoms with Gasteiger partial charge in [-0.25, -0.2) is 12.7 Å². The van der Waals surface area contributed by atoms with Crippen LogP contribution in [0.2, 0.25) is 0 Å². The predicted octanol–water partition coefficient (Wildman–Crippen LogP) is 2.35. The van der Waals surface area contributed by atoms with Gasteiger partial charge in [-0.1, -0.05) is 29.8 Å². The Kier molecular flexibility index (Phi) is 5.66. The number of benzene rings is 1. The molecule has 1 amide bonds. The van der Waals surface area contributed by atoms with Crippen molar-refractivity contribution >= 4 is 15.9 Å². The number of rotatable bonds is 3. The number of sulfonamides is 1. The molecule has 0 aliphatic carbocycles. The van der Waals surface area contributed by atoms with Crippen LogP contribution in [0.15, 0.2) is 24.3 Å². The van der Waals surface area contributed by atoms with E-state index in [0.29, 0.717) is 39.1 Å². The summed E-state index contributed by atoms with van der Waals surface area (Å²) in [6.45, 7) is 7.96. The van der Waals surface area contributed by atoms with Crippen LogP contribution in [0.4, 0.5) is 0 Å². The van der Waals surface area contributed by atoms with Crippen LogP contribution in [-0.2, 0) is 19.6 Å². The van der Waals surface area contributed by atoms with E-state index in [1.165, 1.54) is 16.1 Å². The summed E-state index contributed by atoms with van der Waals surface area (Å²) in [6.07, 6.45) is 2.26. The lowest BCUT2D eigenvalue weighted by Crippen LogP contribution is -2.58. The standard InChI is InChI=1S/C20H30N2O4S/c1-15-5-7-16(8-6-15)18-13-22(20(2,3)14-26-18)19(23)17-9-11-21(12-10-17)27(4,24)25/h5-8,17-18H,9-14H2,1-4H3. The molecule has 0 bridgehead atoms. The van der Waals surface area contributed by atoms with Crippen molar-refractivity contribution in [2.75, 3.05) is 32.5 Å². The maximum Gasteiger partial charge on any atom is 0.226 e. The van der Waals surface area contributed by atoms with Crippen molar-refractivity contribution in [3.05, 3.63) is 35.4 Å². The minimum atomic E-state index is -3.18. The van der Waals surface area contributed by atoms with Gasteiger partial charge < -0.3 is 9.64 Å². The summed E-state index contributed by atoms with van der Waals surface area (Å²) in [6, 6.07) is 8.24. The zero-order chi connectivity index (χ0) is 19.8. The van der Waals surface area contributed by atoms with Gasteiger partial charge in [0.2, 0.25) is 15.9 Å². The monoisotopic (exact) mass is 394 g/mol. The molecule has 2 aliphatic heterocycles. The van der Waals surface area contributed by atoms with Crippen molar-refractivity contribution in [3.63, 3.8) is 0 Å². The van der Waals surface area contributed by atoms with Gasteiger partial charge in [-0.2, -0.15) is 0 Å². The highest BCUT2D eigenvalue weighted by atomic mass is 32.2. The summed E-state index contributed by atoms with van der Waals surface area (Å²) in [5.41, 5.74) is 1.91. The van der Waals surface area contributed by atoms with Crippen LogP contribution < -0.4 is 0 Å². The number of ether oxygens (including phenoxy) is 1. The molecule has 1 aromatic rings. The molecule has 1 unspecified atom stereocenters. The molecule has 1 aromatic carbocycles. The molecule has 27 heavy (non-hydrogen) atoms. The topological polar surface area (TPSA) is 66.9 Å². The smallest absolute Gasteiger partial charge is 0.226 e. The molecule has 3 rings (SSSR count). The summed E-state index contributed by atoms with van der Waals surface area (Å²) in [5, 5.41) is 0. The number of piperidine rings is 1. The number of nitrogens with zero attached hydrogens (tertiary/aromatic N) is 2. The van der Waals surface area contributed by atoms with Gasteiger partial charge in [-0.05, 0) is 39.2 Å². The van der Waals surface area contributed by atoms with Crippen molar-refractivity contribution < 1.29 is 17.9 Å². The van der Waals surface area contributed by atoms with Crippen LogP contribution in [-0.4, -0.2) is 61.6 Å². The van der Waals surface area contributed by atoms with Gasteiger partial charge >= 0.3 is 0 Å². The van der Waals surface area contributed by atoms with Gasteiger partial charge in [0.15, 0.2) is 0 Å². The van der Waals surface area contributed by atoms with Crippen LogP contribution in [0.25, 0.3) is 0 Å². The van der Waals surface area contributed by atoms with Gasteiger partial charge in [0.25, 0.3) is 0 Å². The number of hydrogen-bond acceptors (Lipinski definition) is 4. The molecule has 1 atom stereocenters. The second-order valence-corrected chi connectivity index (χ2v) is 10.4. The molecule has 0 N–H and O–H groups in total. The zero-order valence-corrected chi connectivity index (χ0v) is 17.5. The normalized spacial score (nSPS) is 24.7. The van der Waals surface area contributed by atoms with Crippen LogP contribution in [0.5, 0.6) is 0 Å². The molecule has 2 heterocycles. The number of carbonyl (C=O) groups is 1. The number of amides is 1. The van der Waals surface area contributed by atoms with Gasteiger partial charge in [0, 0.05) is 19.0 Å². The van der Waals surface area contributed by atoms with E-state index in [1.807, 2.05) is 25.7 Å². The Morgan fingerprint density at radius 1 is 1.15 bits per heavy atom. The molecule has 0 radical (unpaired) electrons. The van der Waals surface area contributed by atoms with Gasteiger partial charge in [0.05, 0.1) is 24.9 Å². The van der Waals surface area contributed by atoms with E-state index in [-0.39, 0.29) is 23.5 Å². The highest BCUT2D eigenvalue weighted by Gasteiger charge is 2.41. The molecule has 2 fully saturated rings. The van der Waals surface area contributed by atoms with Crippen LogP contribution in [0.1, 0.15) is 43.9 Å². The first-order valence-electron chi connectivity index (χ1n) is 9.53. The lowest BCUT2D eigenvalue weighted by Gasteiger charge is -2.47. The molecular weight excluding hydrogens is 364 g/mol. The van der Waals surface area contributed by atoms with Gasteiger partial charge in [-0.3, -0.25) is 4.79 Å². The van der Waals surface area contributed by atoms with E-state index >= 15 is 0 Å². The molecular formula is C20H30N2O4S. The molecule has 7 heteroatoms. The summed E-state index contributed by atoms with van der Waals surface area (Å²) >= 11 is 0. The van der Waals surface area contributed by atoms with Crippen molar-refractivity contribution in [3.8, 4) is 0 Å². The van der Waals surface area contributed by atoms with Gasteiger partial charge in [-0.15, -0.1) is 0 Å². The minimum Gasteiger partial charge on any atom is -0.369 e. The average Bonchev–Trinajstić information content (AvgIpc) is 2.61. The first kappa shape index (κ1) is 20.3. The van der Waals surface area contributed by atoms with E-state index in [2.05, 4.69) is 24.3 Å². The van der Waals surface area contributed by atoms with E-state index in [1.54, 1.807) is 0 Å². The third-order valence-corrected chi connectivity index (χ3v) is 7.01. The molecule has 6 nitrogen and oxygen atoms in total.